The number of carbonyl (C=O) groups is 1. The van der Waals surface area contributed by atoms with Crippen LogP contribution in [0, 0.1) is 0 Å². The van der Waals surface area contributed by atoms with Gasteiger partial charge in [-0.3, -0.25) is 4.79 Å². The summed E-state index contributed by atoms with van der Waals surface area (Å²) in [6.45, 7) is 4.67. The van der Waals surface area contributed by atoms with Crippen LogP contribution in [0.5, 0.6) is 5.75 Å². The van der Waals surface area contributed by atoms with Crippen molar-refractivity contribution >= 4 is 5.91 Å². The van der Waals surface area contributed by atoms with E-state index >= 15 is 0 Å². The van der Waals surface area contributed by atoms with E-state index in [-0.39, 0.29) is 12.0 Å². The first kappa shape index (κ1) is 12.9. The highest BCUT2D eigenvalue weighted by Crippen LogP contribution is 2.16. The molecule has 1 aliphatic heterocycles. The van der Waals surface area contributed by atoms with Crippen molar-refractivity contribution in [2.24, 2.45) is 0 Å². The Balaban J connectivity index is 1.90. The van der Waals surface area contributed by atoms with Gasteiger partial charge in [-0.05, 0) is 43.7 Å². The molecule has 2 rings (SSSR count). The van der Waals surface area contributed by atoms with Gasteiger partial charge in [0, 0.05) is 18.7 Å². The summed E-state index contributed by atoms with van der Waals surface area (Å²) in [6, 6.07) is 7.34. The maximum Gasteiger partial charge on any atom is 0.251 e. The lowest BCUT2D eigenvalue weighted by Gasteiger charge is -2.12. The second kappa shape index (κ2) is 6.40. The molecule has 0 bridgehead atoms. The molecule has 0 spiro atoms. The highest BCUT2D eigenvalue weighted by atomic mass is 16.5. The molecule has 0 saturated carbocycles. The van der Waals surface area contributed by atoms with E-state index in [2.05, 4.69) is 10.6 Å². The first-order valence-electron chi connectivity index (χ1n) is 6.55. The molecule has 0 aromatic heterocycles. The molecule has 4 heteroatoms. The molecule has 4 nitrogen and oxygen atoms in total. The number of amides is 1. The van der Waals surface area contributed by atoms with Gasteiger partial charge in [0.25, 0.3) is 5.91 Å². The van der Waals surface area contributed by atoms with E-state index in [0.29, 0.717) is 12.1 Å². The fraction of sp³-hybridized carbons (Fsp3) is 0.500. The van der Waals surface area contributed by atoms with Gasteiger partial charge in [0.1, 0.15) is 11.9 Å². The lowest BCUT2D eigenvalue weighted by atomic mass is 10.2. The molecule has 1 fully saturated rings. The van der Waals surface area contributed by atoms with E-state index < -0.39 is 0 Å². The molecule has 0 aliphatic carbocycles. The van der Waals surface area contributed by atoms with Gasteiger partial charge >= 0.3 is 0 Å². The van der Waals surface area contributed by atoms with Crippen LogP contribution < -0.4 is 15.4 Å². The van der Waals surface area contributed by atoms with Gasteiger partial charge in [0.15, 0.2) is 0 Å². The largest absolute Gasteiger partial charge is 0.489 e. The third-order valence-electron chi connectivity index (χ3n) is 2.97. The number of hydrogen-bond donors (Lipinski definition) is 2. The highest BCUT2D eigenvalue weighted by Gasteiger charge is 2.15. The fourth-order valence-electron chi connectivity index (χ4n) is 1.95. The average molecular weight is 248 g/mol. The minimum Gasteiger partial charge on any atom is -0.489 e. The van der Waals surface area contributed by atoms with Crippen LogP contribution in [0.25, 0.3) is 0 Å². The van der Waals surface area contributed by atoms with Crippen molar-refractivity contribution in [1.29, 1.82) is 0 Å². The number of rotatable bonds is 5. The molecule has 18 heavy (non-hydrogen) atoms. The summed E-state index contributed by atoms with van der Waals surface area (Å²) in [7, 11) is 0. The summed E-state index contributed by atoms with van der Waals surface area (Å²) in [5.74, 6) is 0.807. The zero-order valence-electron chi connectivity index (χ0n) is 10.7. The number of ether oxygens (including phenoxy) is 1. The van der Waals surface area contributed by atoms with Crippen molar-refractivity contribution in [2.75, 3.05) is 19.6 Å². The smallest absolute Gasteiger partial charge is 0.251 e. The maximum atomic E-state index is 11.7. The van der Waals surface area contributed by atoms with Gasteiger partial charge in [0.05, 0.1) is 0 Å². The van der Waals surface area contributed by atoms with Crippen LogP contribution in [0.1, 0.15) is 30.1 Å². The lowest BCUT2D eigenvalue weighted by Crippen LogP contribution is -2.24. The monoisotopic (exact) mass is 248 g/mol. The Hall–Kier alpha value is -1.55. The summed E-state index contributed by atoms with van der Waals surface area (Å²) in [5, 5.41) is 6.11. The zero-order valence-corrected chi connectivity index (χ0v) is 10.7. The van der Waals surface area contributed by atoms with Gasteiger partial charge in [-0.2, -0.15) is 0 Å². The molecule has 98 valence electrons. The Labute approximate surface area is 108 Å². The predicted molar refractivity (Wildman–Crippen MR) is 71.0 cm³/mol. The maximum absolute atomic E-state index is 11.7. The molecule has 1 aromatic carbocycles. The third kappa shape index (κ3) is 3.47. The molecular weight excluding hydrogens is 228 g/mol. The third-order valence-corrected chi connectivity index (χ3v) is 2.97. The van der Waals surface area contributed by atoms with Crippen LogP contribution in [0.4, 0.5) is 0 Å². The molecule has 1 saturated heterocycles. The SMILES string of the molecule is CCCNC(=O)c1ccc(O[C@H]2CCNC2)cc1. The van der Waals surface area contributed by atoms with E-state index in [0.717, 1.165) is 31.7 Å². The summed E-state index contributed by atoms with van der Waals surface area (Å²) in [5.41, 5.74) is 0.681. The Morgan fingerprint density at radius 3 is 2.83 bits per heavy atom. The molecule has 0 unspecified atom stereocenters. The van der Waals surface area contributed by atoms with E-state index in [1.807, 2.05) is 31.2 Å². The molecule has 0 radical (unpaired) electrons. The standard InChI is InChI=1S/C14H20N2O2/c1-2-8-16-14(17)11-3-5-12(6-4-11)18-13-7-9-15-10-13/h3-6,13,15H,2,7-10H2,1H3,(H,16,17)/t13-/m0/s1. The van der Waals surface area contributed by atoms with E-state index in [1.165, 1.54) is 0 Å². The zero-order chi connectivity index (χ0) is 12.8. The van der Waals surface area contributed by atoms with Crippen molar-refractivity contribution in [2.45, 2.75) is 25.9 Å². The Kier molecular flexibility index (Phi) is 4.59. The predicted octanol–water partition coefficient (Wildman–Crippen LogP) is 1.57. The van der Waals surface area contributed by atoms with Gasteiger partial charge < -0.3 is 15.4 Å². The summed E-state index contributed by atoms with van der Waals surface area (Å²) < 4.78 is 5.80. The van der Waals surface area contributed by atoms with Crippen molar-refractivity contribution in [1.82, 2.24) is 10.6 Å². The highest BCUT2D eigenvalue weighted by molar-refractivity contribution is 5.94. The summed E-state index contributed by atoms with van der Waals surface area (Å²) >= 11 is 0. The van der Waals surface area contributed by atoms with Crippen molar-refractivity contribution in [3.05, 3.63) is 29.8 Å². The quantitative estimate of drug-likeness (QED) is 0.831. The van der Waals surface area contributed by atoms with Crippen LogP contribution in [-0.4, -0.2) is 31.6 Å². The second-order valence-electron chi connectivity index (χ2n) is 4.51. The van der Waals surface area contributed by atoms with Crippen LogP contribution in [0.15, 0.2) is 24.3 Å². The number of benzene rings is 1. The van der Waals surface area contributed by atoms with Crippen LogP contribution in [0.3, 0.4) is 0 Å². The van der Waals surface area contributed by atoms with Gasteiger partial charge in [0.2, 0.25) is 0 Å². The Morgan fingerprint density at radius 2 is 2.22 bits per heavy atom. The average Bonchev–Trinajstić information content (AvgIpc) is 2.89. The topological polar surface area (TPSA) is 50.4 Å². The van der Waals surface area contributed by atoms with E-state index in [1.54, 1.807) is 0 Å². The number of hydrogen-bond acceptors (Lipinski definition) is 3. The molecule has 1 aromatic rings. The molecule has 1 heterocycles. The van der Waals surface area contributed by atoms with Gasteiger partial charge in [-0.15, -0.1) is 0 Å². The summed E-state index contributed by atoms with van der Waals surface area (Å²) in [6.07, 6.45) is 2.24. The Morgan fingerprint density at radius 1 is 1.44 bits per heavy atom. The number of carbonyl (C=O) groups excluding carboxylic acids is 1. The van der Waals surface area contributed by atoms with Crippen LogP contribution in [0.2, 0.25) is 0 Å². The first-order chi connectivity index (χ1) is 8.79. The lowest BCUT2D eigenvalue weighted by molar-refractivity contribution is 0.0953. The minimum atomic E-state index is -0.0223. The molecule has 1 amide bonds. The minimum absolute atomic E-state index is 0.0223. The van der Waals surface area contributed by atoms with Crippen molar-refractivity contribution in [3.8, 4) is 5.75 Å². The van der Waals surface area contributed by atoms with Crippen molar-refractivity contribution < 1.29 is 9.53 Å². The van der Waals surface area contributed by atoms with Crippen LogP contribution in [-0.2, 0) is 0 Å². The van der Waals surface area contributed by atoms with Crippen LogP contribution >= 0.6 is 0 Å². The molecule has 1 atom stereocenters. The fourth-order valence-corrected chi connectivity index (χ4v) is 1.95. The Bertz CT molecular complexity index is 383. The van der Waals surface area contributed by atoms with E-state index in [9.17, 15) is 4.79 Å². The molecule has 1 aliphatic rings. The second-order valence-corrected chi connectivity index (χ2v) is 4.51. The van der Waals surface area contributed by atoms with E-state index in [4.69, 9.17) is 4.74 Å². The number of nitrogens with one attached hydrogen (secondary N) is 2. The van der Waals surface area contributed by atoms with Gasteiger partial charge in [-0.1, -0.05) is 6.92 Å². The van der Waals surface area contributed by atoms with Crippen molar-refractivity contribution in [3.63, 3.8) is 0 Å². The molecular formula is C14H20N2O2. The first-order valence-corrected chi connectivity index (χ1v) is 6.55. The summed E-state index contributed by atoms with van der Waals surface area (Å²) in [4.78, 5) is 11.7. The molecule has 2 N–H and O–H groups in total. The normalized spacial score (nSPS) is 18.6. The van der Waals surface area contributed by atoms with Gasteiger partial charge in [-0.25, -0.2) is 0 Å².